The molecule has 2 aromatic carbocycles. The normalized spacial score (nSPS) is 15.0. The number of fused-ring (bicyclic) bond motifs is 2. The summed E-state index contributed by atoms with van der Waals surface area (Å²) in [7, 11) is -3.75. The van der Waals surface area contributed by atoms with Crippen molar-refractivity contribution in [1.29, 1.82) is 0 Å². The molecular formula is C25H24BrN5O5S. The van der Waals surface area contributed by atoms with Crippen LogP contribution in [0.3, 0.4) is 0 Å². The number of aromatic hydroxyl groups is 1. The van der Waals surface area contributed by atoms with Gasteiger partial charge < -0.3 is 20.6 Å². The monoisotopic (exact) mass is 585 g/mol. The first kappa shape index (κ1) is 25.1. The minimum Gasteiger partial charge on any atom is -0.506 e. The van der Waals surface area contributed by atoms with E-state index in [4.69, 9.17) is 4.74 Å². The Balaban J connectivity index is 1.57. The summed E-state index contributed by atoms with van der Waals surface area (Å²) in [6, 6.07) is 15.0. The molecule has 2 aromatic heterocycles. The highest BCUT2D eigenvalue weighted by Crippen LogP contribution is 2.56. The molecule has 0 atom stereocenters. The molecule has 0 fully saturated rings. The van der Waals surface area contributed by atoms with Crippen molar-refractivity contribution in [2.75, 3.05) is 17.3 Å². The highest BCUT2D eigenvalue weighted by molar-refractivity contribution is 9.10. The van der Waals surface area contributed by atoms with Crippen LogP contribution in [-0.4, -0.2) is 36.3 Å². The van der Waals surface area contributed by atoms with Crippen LogP contribution in [0.5, 0.6) is 17.4 Å². The van der Waals surface area contributed by atoms with E-state index in [9.17, 15) is 19.0 Å². The molecule has 12 heteroatoms. The Bertz CT molecular complexity index is 1590. The van der Waals surface area contributed by atoms with Gasteiger partial charge in [-0.05, 0) is 52.2 Å². The molecule has 0 aliphatic carbocycles. The van der Waals surface area contributed by atoms with E-state index in [1.54, 1.807) is 54.7 Å². The summed E-state index contributed by atoms with van der Waals surface area (Å²) in [5, 5.41) is 14.5. The Labute approximate surface area is 222 Å². The molecule has 192 valence electrons. The van der Waals surface area contributed by atoms with Crippen molar-refractivity contribution >= 4 is 49.1 Å². The van der Waals surface area contributed by atoms with Crippen molar-refractivity contribution < 1.29 is 18.9 Å². The first-order valence-electron chi connectivity index (χ1n) is 11.3. The van der Waals surface area contributed by atoms with Crippen molar-refractivity contribution in [2.24, 2.45) is 10.3 Å². The zero-order chi connectivity index (χ0) is 26.3. The lowest BCUT2D eigenvalue weighted by Gasteiger charge is -2.34. The number of aromatic nitrogens is 2. The molecule has 0 saturated heterocycles. The largest absolute Gasteiger partial charge is 0.506 e. The van der Waals surface area contributed by atoms with E-state index in [1.165, 1.54) is 10.7 Å². The second kappa shape index (κ2) is 9.71. The zero-order valence-corrected chi connectivity index (χ0v) is 22.2. The van der Waals surface area contributed by atoms with Gasteiger partial charge in [-0.1, -0.05) is 36.8 Å². The molecule has 0 bridgehead atoms. The maximum absolute atomic E-state index is 13.6. The average molecular weight is 586 g/mol. The van der Waals surface area contributed by atoms with E-state index in [2.05, 4.69) is 36.1 Å². The van der Waals surface area contributed by atoms with Crippen LogP contribution in [0.1, 0.15) is 19.4 Å². The van der Waals surface area contributed by atoms with E-state index < -0.39 is 16.3 Å². The summed E-state index contributed by atoms with van der Waals surface area (Å²) in [6.07, 6.45) is 1.58. The molecular weight excluding hydrogens is 562 g/mol. The Morgan fingerprint density at radius 2 is 1.95 bits per heavy atom. The van der Waals surface area contributed by atoms with Crippen LogP contribution in [0, 0.1) is 5.92 Å². The molecule has 1 aliphatic heterocycles. The highest BCUT2D eigenvalue weighted by Gasteiger charge is 2.31. The summed E-state index contributed by atoms with van der Waals surface area (Å²) in [4.78, 5) is 17.8. The van der Waals surface area contributed by atoms with Crippen LogP contribution in [0.15, 0.2) is 79.4 Å². The van der Waals surface area contributed by atoms with Gasteiger partial charge in [-0.25, -0.2) is 9.66 Å². The topological polar surface area (TPSA) is 141 Å². The predicted molar refractivity (Wildman–Crippen MR) is 149 cm³/mol. The number of benzene rings is 2. The van der Waals surface area contributed by atoms with E-state index in [0.717, 1.165) is 4.47 Å². The highest BCUT2D eigenvalue weighted by atomic mass is 79.9. The third-order valence-corrected chi connectivity index (χ3v) is 7.42. The number of ether oxygens (including phenoxy) is 1. The smallest absolute Gasteiger partial charge is 0.284 e. The van der Waals surface area contributed by atoms with Gasteiger partial charge in [-0.3, -0.25) is 13.9 Å². The lowest BCUT2D eigenvalue weighted by atomic mass is 10.1. The lowest BCUT2D eigenvalue weighted by molar-refractivity contribution is 0.458. The van der Waals surface area contributed by atoms with Crippen LogP contribution < -0.4 is 21.0 Å². The first-order chi connectivity index (χ1) is 17.6. The van der Waals surface area contributed by atoms with Crippen LogP contribution in [0.2, 0.25) is 0 Å². The van der Waals surface area contributed by atoms with Crippen molar-refractivity contribution in [2.45, 2.75) is 18.7 Å². The van der Waals surface area contributed by atoms with Gasteiger partial charge in [0.2, 0.25) is 5.88 Å². The molecule has 1 aliphatic rings. The molecule has 0 saturated carbocycles. The van der Waals surface area contributed by atoms with Gasteiger partial charge >= 0.3 is 0 Å². The number of para-hydroxylation sites is 1. The summed E-state index contributed by atoms with van der Waals surface area (Å²) in [5.41, 5.74) is 3.14. The van der Waals surface area contributed by atoms with Gasteiger partial charge in [0.05, 0.1) is 11.2 Å². The van der Waals surface area contributed by atoms with Gasteiger partial charge in [0.15, 0.2) is 5.84 Å². The van der Waals surface area contributed by atoms with Gasteiger partial charge in [0.1, 0.15) is 22.0 Å². The van der Waals surface area contributed by atoms with Gasteiger partial charge in [0, 0.05) is 34.7 Å². The van der Waals surface area contributed by atoms with Crippen LogP contribution in [0.25, 0.3) is 10.9 Å². The van der Waals surface area contributed by atoms with Crippen molar-refractivity contribution in [1.82, 2.24) is 9.66 Å². The summed E-state index contributed by atoms with van der Waals surface area (Å²) < 4.78 is 33.9. The number of halogens is 1. The molecule has 0 amide bonds. The predicted octanol–water partition coefficient (Wildman–Crippen LogP) is 5.75. The fourth-order valence-corrected chi connectivity index (χ4v) is 5.26. The Morgan fingerprint density at radius 1 is 1.16 bits per heavy atom. The Morgan fingerprint density at radius 3 is 2.68 bits per heavy atom. The number of hydrogen-bond acceptors (Lipinski definition) is 9. The quantitative estimate of drug-likeness (QED) is 0.192. The number of rotatable bonds is 6. The van der Waals surface area contributed by atoms with Crippen molar-refractivity contribution in [3.8, 4) is 17.4 Å². The summed E-state index contributed by atoms with van der Waals surface area (Å²) >= 11 is 3.31. The first-order valence-corrected chi connectivity index (χ1v) is 13.6. The fraction of sp³-hybridized carbons (Fsp3) is 0.160. The van der Waals surface area contributed by atoms with E-state index in [-0.39, 0.29) is 28.0 Å². The standard InChI is InChI=1S/C25H24BrN5O5S/c1-14(2)12-28-31-19-6-4-3-5-17(19)23(32)22(25(31)33)24-29-18-9-8-16(11-20(18)37(34,35)30-24)36-21-10-7-15(26)13-27-21/h3-11,13-14,28,32,34-35H,12H2,1-2H3,(H,29,30). The maximum Gasteiger partial charge on any atom is 0.284 e. The molecule has 0 spiro atoms. The Hall–Kier alpha value is -3.58. The summed E-state index contributed by atoms with van der Waals surface area (Å²) in [6.45, 7) is 4.51. The second-order valence-corrected chi connectivity index (χ2v) is 11.4. The second-order valence-electron chi connectivity index (χ2n) is 8.80. The third-order valence-electron chi connectivity index (χ3n) is 5.59. The van der Waals surface area contributed by atoms with E-state index in [1.807, 2.05) is 13.8 Å². The molecule has 4 aromatic rings. The van der Waals surface area contributed by atoms with E-state index >= 15 is 0 Å². The molecule has 5 rings (SSSR count). The van der Waals surface area contributed by atoms with Crippen molar-refractivity contribution in [3.63, 3.8) is 0 Å². The van der Waals surface area contributed by atoms with Gasteiger partial charge in [-0.15, -0.1) is 4.40 Å². The number of nitrogens with one attached hydrogen (secondary N) is 2. The molecule has 5 N–H and O–H groups in total. The molecule has 37 heavy (non-hydrogen) atoms. The van der Waals surface area contributed by atoms with Crippen molar-refractivity contribution in [3.05, 3.63) is 81.2 Å². The number of amidine groups is 1. The van der Waals surface area contributed by atoms with E-state index in [0.29, 0.717) is 34.8 Å². The van der Waals surface area contributed by atoms with Gasteiger partial charge in [0.25, 0.3) is 5.56 Å². The number of nitrogens with zero attached hydrogens (tertiary/aromatic N) is 3. The number of pyridine rings is 2. The molecule has 0 unspecified atom stereocenters. The molecule has 3 heterocycles. The van der Waals surface area contributed by atoms with Gasteiger partial charge in [-0.2, -0.15) is 0 Å². The Kier molecular flexibility index (Phi) is 6.58. The van der Waals surface area contributed by atoms with Crippen LogP contribution in [0.4, 0.5) is 5.69 Å². The maximum atomic E-state index is 13.6. The SMILES string of the molecule is CC(C)CNn1c(=O)c(C2=NS(O)(O)c3cc(Oc4ccc(Br)cn4)ccc3N2)c(O)c2ccccc21. The summed E-state index contributed by atoms with van der Waals surface area (Å²) in [5.74, 6) is 0.431. The average Bonchev–Trinajstić information content (AvgIpc) is 2.85. The minimum absolute atomic E-state index is 0.0874. The minimum atomic E-state index is -3.75. The number of anilines is 1. The van der Waals surface area contributed by atoms with Crippen LogP contribution in [-0.2, 0) is 0 Å². The third kappa shape index (κ3) is 4.88. The lowest BCUT2D eigenvalue weighted by Crippen LogP contribution is -2.37. The number of hydrogen-bond donors (Lipinski definition) is 5. The zero-order valence-electron chi connectivity index (χ0n) is 19.8. The van der Waals surface area contributed by atoms with Crippen LogP contribution >= 0.6 is 26.7 Å². The molecule has 0 radical (unpaired) electrons. The molecule has 10 nitrogen and oxygen atoms in total. The fourth-order valence-electron chi connectivity index (χ4n) is 3.84.